The van der Waals surface area contributed by atoms with Crippen molar-refractivity contribution in [2.24, 2.45) is 0 Å². The molecule has 3 N–H and O–H groups in total. The summed E-state index contributed by atoms with van der Waals surface area (Å²) < 4.78 is 9.65. The molecular weight excluding hydrogens is 204 g/mol. The number of aliphatic hydroxyl groups is 3. The van der Waals surface area contributed by atoms with Gasteiger partial charge in [0.15, 0.2) is 0 Å². The SMILES string of the molecule is CCC(=O)OC[C@@H](O)[C@H]1OCC(O)[C@@H]1O. The number of aliphatic hydroxyl groups excluding tert-OH is 3. The molecule has 1 aliphatic heterocycles. The van der Waals surface area contributed by atoms with E-state index >= 15 is 0 Å². The van der Waals surface area contributed by atoms with Crippen molar-refractivity contribution in [2.75, 3.05) is 13.2 Å². The van der Waals surface area contributed by atoms with Crippen LogP contribution in [0.25, 0.3) is 0 Å². The second-order valence-electron chi connectivity index (χ2n) is 3.46. The molecule has 0 bridgehead atoms. The van der Waals surface area contributed by atoms with E-state index in [0.717, 1.165) is 0 Å². The molecule has 15 heavy (non-hydrogen) atoms. The molecule has 4 atom stereocenters. The largest absolute Gasteiger partial charge is 0.463 e. The lowest BCUT2D eigenvalue weighted by Crippen LogP contribution is -2.41. The number of rotatable bonds is 4. The Balaban J connectivity index is 2.34. The Morgan fingerprint density at radius 1 is 1.60 bits per heavy atom. The van der Waals surface area contributed by atoms with Crippen molar-refractivity contribution in [3.05, 3.63) is 0 Å². The second kappa shape index (κ2) is 5.41. The van der Waals surface area contributed by atoms with Gasteiger partial charge >= 0.3 is 5.97 Å². The van der Waals surface area contributed by atoms with Crippen molar-refractivity contribution in [3.63, 3.8) is 0 Å². The van der Waals surface area contributed by atoms with Gasteiger partial charge in [0.2, 0.25) is 0 Å². The first-order chi connectivity index (χ1) is 7.06. The molecule has 6 heteroatoms. The predicted octanol–water partition coefficient (Wildman–Crippen LogP) is -1.58. The normalized spacial score (nSPS) is 32.7. The van der Waals surface area contributed by atoms with Crippen molar-refractivity contribution < 1.29 is 29.6 Å². The lowest BCUT2D eigenvalue weighted by Gasteiger charge is -2.20. The van der Waals surface area contributed by atoms with Gasteiger partial charge in [0.05, 0.1) is 6.61 Å². The standard InChI is InChI=1S/C9H16O6/c1-2-7(12)14-4-6(11)9-8(13)5(10)3-15-9/h5-6,8-11,13H,2-4H2,1H3/t5?,6-,8+,9-/m1/s1. The molecule has 0 aromatic carbocycles. The minimum atomic E-state index is -1.14. The molecule has 0 spiro atoms. The van der Waals surface area contributed by atoms with E-state index < -0.39 is 30.4 Å². The van der Waals surface area contributed by atoms with Crippen LogP contribution in [0.15, 0.2) is 0 Å². The van der Waals surface area contributed by atoms with Crippen LogP contribution in [0.2, 0.25) is 0 Å². The topological polar surface area (TPSA) is 96.2 Å². The molecule has 88 valence electrons. The zero-order valence-electron chi connectivity index (χ0n) is 8.50. The van der Waals surface area contributed by atoms with Crippen LogP contribution in [-0.4, -0.2) is 58.9 Å². The molecule has 1 heterocycles. The van der Waals surface area contributed by atoms with Crippen LogP contribution in [0.1, 0.15) is 13.3 Å². The summed E-state index contributed by atoms with van der Waals surface area (Å²) in [4.78, 5) is 10.8. The highest BCUT2D eigenvalue weighted by Gasteiger charge is 2.39. The van der Waals surface area contributed by atoms with Crippen LogP contribution in [0.3, 0.4) is 0 Å². The maximum atomic E-state index is 10.8. The molecule has 0 radical (unpaired) electrons. The summed E-state index contributed by atoms with van der Waals surface area (Å²) in [6.07, 6.45) is -3.92. The lowest BCUT2D eigenvalue weighted by atomic mass is 10.1. The van der Waals surface area contributed by atoms with Gasteiger partial charge in [-0.15, -0.1) is 0 Å². The monoisotopic (exact) mass is 220 g/mol. The van der Waals surface area contributed by atoms with E-state index in [1.54, 1.807) is 6.92 Å². The quantitative estimate of drug-likeness (QED) is 0.495. The molecule has 1 aliphatic rings. The number of ether oxygens (including phenoxy) is 2. The Hall–Kier alpha value is -0.690. The van der Waals surface area contributed by atoms with Gasteiger partial charge in [0.1, 0.15) is 31.0 Å². The van der Waals surface area contributed by atoms with Crippen LogP contribution in [0.5, 0.6) is 0 Å². The average molecular weight is 220 g/mol. The smallest absolute Gasteiger partial charge is 0.305 e. The molecule has 0 amide bonds. The third-order valence-electron chi connectivity index (χ3n) is 2.27. The van der Waals surface area contributed by atoms with Crippen LogP contribution in [-0.2, 0) is 14.3 Å². The predicted molar refractivity (Wildman–Crippen MR) is 49.0 cm³/mol. The molecule has 0 saturated carbocycles. The highest BCUT2D eigenvalue weighted by molar-refractivity contribution is 5.68. The van der Waals surface area contributed by atoms with Crippen molar-refractivity contribution in [2.45, 2.75) is 37.8 Å². The Kier molecular flexibility index (Phi) is 4.46. The van der Waals surface area contributed by atoms with Gasteiger partial charge in [-0.1, -0.05) is 6.92 Å². The first-order valence-corrected chi connectivity index (χ1v) is 4.87. The van der Waals surface area contributed by atoms with Gasteiger partial charge in [-0.25, -0.2) is 0 Å². The van der Waals surface area contributed by atoms with Crippen molar-refractivity contribution in [1.29, 1.82) is 0 Å². The van der Waals surface area contributed by atoms with Gasteiger partial charge in [-0.3, -0.25) is 4.79 Å². The fraction of sp³-hybridized carbons (Fsp3) is 0.889. The van der Waals surface area contributed by atoms with Crippen molar-refractivity contribution in [3.8, 4) is 0 Å². The fourth-order valence-electron chi connectivity index (χ4n) is 1.34. The number of carbonyl (C=O) groups is 1. The van der Waals surface area contributed by atoms with Gasteiger partial charge in [-0.05, 0) is 0 Å². The van der Waals surface area contributed by atoms with Crippen LogP contribution < -0.4 is 0 Å². The van der Waals surface area contributed by atoms with Crippen molar-refractivity contribution in [1.82, 2.24) is 0 Å². The van der Waals surface area contributed by atoms with Gasteiger partial charge in [0.25, 0.3) is 0 Å². The minimum Gasteiger partial charge on any atom is -0.463 e. The van der Waals surface area contributed by atoms with E-state index in [-0.39, 0.29) is 19.6 Å². The third-order valence-corrected chi connectivity index (χ3v) is 2.27. The fourth-order valence-corrected chi connectivity index (χ4v) is 1.34. The Morgan fingerprint density at radius 3 is 2.73 bits per heavy atom. The summed E-state index contributed by atoms with van der Waals surface area (Å²) in [6.45, 7) is 1.38. The summed E-state index contributed by atoms with van der Waals surface area (Å²) in [6, 6.07) is 0. The lowest BCUT2D eigenvalue weighted by molar-refractivity contribution is -0.150. The molecule has 1 unspecified atom stereocenters. The molecule has 0 aromatic rings. The van der Waals surface area contributed by atoms with Gasteiger partial charge in [0, 0.05) is 6.42 Å². The zero-order chi connectivity index (χ0) is 11.4. The minimum absolute atomic E-state index is 0.0232. The first kappa shape index (κ1) is 12.4. The maximum Gasteiger partial charge on any atom is 0.305 e. The Morgan fingerprint density at radius 2 is 2.27 bits per heavy atom. The van der Waals surface area contributed by atoms with Gasteiger partial charge < -0.3 is 24.8 Å². The summed E-state index contributed by atoms with van der Waals surface area (Å²) in [5.41, 5.74) is 0. The van der Waals surface area contributed by atoms with Gasteiger partial charge in [-0.2, -0.15) is 0 Å². The van der Waals surface area contributed by atoms with E-state index in [9.17, 15) is 15.0 Å². The molecular formula is C9H16O6. The summed E-state index contributed by atoms with van der Waals surface area (Å²) in [7, 11) is 0. The highest BCUT2D eigenvalue weighted by atomic mass is 16.6. The van der Waals surface area contributed by atoms with E-state index in [1.807, 2.05) is 0 Å². The molecule has 1 fully saturated rings. The van der Waals surface area contributed by atoms with E-state index in [2.05, 4.69) is 4.74 Å². The summed E-state index contributed by atoms with van der Waals surface area (Å²) in [5, 5.41) is 28.0. The molecule has 6 nitrogen and oxygen atoms in total. The molecule has 1 saturated heterocycles. The van der Waals surface area contributed by atoms with Crippen molar-refractivity contribution >= 4 is 5.97 Å². The van der Waals surface area contributed by atoms with E-state index in [0.29, 0.717) is 0 Å². The number of hydrogen-bond donors (Lipinski definition) is 3. The molecule has 1 rings (SSSR count). The molecule has 0 aliphatic carbocycles. The second-order valence-corrected chi connectivity index (χ2v) is 3.46. The highest BCUT2D eigenvalue weighted by Crippen LogP contribution is 2.17. The van der Waals surface area contributed by atoms with E-state index in [1.165, 1.54) is 0 Å². The number of hydrogen-bond acceptors (Lipinski definition) is 6. The number of esters is 1. The Bertz CT molecular complexity index is 219. The first-order valence-electron chi connectivity index (χ1n) is 4.87. The van der Waals surface area contributed by atoms with Crippen LogP contribution in [0, 0.1) is 0 Å². The van der Waals surface area contributed by atoms with Crippen LogP contribution in [0.4, 0.5) is 0 Å². The van der Waals surface area contributed by atoms with E-state index in [4.69, 9.17) is 9.84 Å². The maximum absolute atomic E-state index is 10.8. The Labute approximate surface area is 87.4 Å². The number of carbonyl (C=O) groups excluding carboxylic acids is 1. The zero-order valence-corrected chi connectivity index (χ0v) is 8.50. The third kappa shape index (κ3) is 3.13. The van der Waals surface area contributed by atoms with Crippen LogP contribution >= 0.6 is 0 Å². The summed E-state index contributed by atoms with van der Waals surface area (Å²) in [5.74, 6) is -0.429. The summed E-state index contributed by atoms with van der Waals surface area (Å²) >= 11 is 0. The average Bonchev–Trinajstić information content (AvgIpc) is 2.56. The molecule has 0 aromatic heterocycles.